The molecule has 0 aliphatic carbocycles. The molecule has 1 aliphatic rings. The number of halogens is 2. The van der Waals surface area contributed by atoms with Crippen molar-refractivity contribution in [3.8, 4) is 0 Å². The van der Waals surface area contributed by atoms with Gasteiger partial charge in [-0.1, -0.05) is 54.1 Å². The maximum Gasteiger partial charge on any atom is 0.411 e. The highest BCUT2D eigenvalue weighted by atomic mass is 19.1. The Morgan fingerprint density at radius 2 is 1.45 bits per heavy atom. The third kappa shape index (κ3) is 5.83. The Balaban J connectivity index is 1.39. The van der Waals surface area contributed by atoms with Crippen LogP contribution in [0.3, 0.4) is 0 Å². The van der Waals surface area contributed by atoms with Crippen molar-refractivity contribution in [3.05, 3.63) is 131 Å². The topological polar surface area (TPSA) is 87.7 Å². The summed E-state index contributed by atoms with van der Waals surface area (Å²) in [6.45, 7) is 2.08. The van der Waals surface area contributed by atoms with Crippen molar-refractivity contribution in [2.45, 2.75) is 25.6 Å². The maximum atomic E-state index is 14.0. The monoisotopic (exact) mass is 541 g/mol. The fourth-order valence-electron chi connectivity index (χ4n) is 4.45. The highest BCUT2D eigenvalue weighted by molar-refractivity contribution is 6.04. The molecule has 40 heavy (non-hydrogen) atoms. The van der Waals surface area contributed by atoms with Gasteiger partial charge in [-0.2, -0.15) is 0 Å². The number of hydrogen-bond donors (Lipinski definition) is 2. The molecular weight excluding hydrogens is 516 g/mol. The van der Waals surface area contributed by atoms with Crippen LogP contribution in [-0.4, -0.2) is 28.8 Å². The molecule has 2 atom stereocenters. The van der Waals surface area contributed by atoms with Crippen LogP contribution in [0, 0.1) is 18.6 Å². The minimum absolute atomic E-state index is 0.0967. The van der Waals surface area contributed by atoms with Gasteiger partial charge in [-0.05, 0) is 66.6 Å². The van der Waals surface area contributed by atoms with Crippen molar-refractivity contribution >= 4 is 29.3 Å². The summed E-state index contributed by atoms with van der Waals surface area (Å²) >= 11 is 0. The maximum absolute atomic E-state index is 14.0. The third-order valence-electron chi connectivity index (χ3n) is 6.55. The molecule has 0 bridgehead atoms. The SMILES string of the molecule is Cc1ccc(CN2C(=O)O[C@@H](c3ccc(NC(=O)c4ccccc4F)cc3)[C@@H]2C(=O)Nc2ccc(F)cc2)cc1. The molecule has 4 aromatic rings. The number of nitrogens with zero attached hydrogens (tertiary/aromatic N) is 1. The summed E-state index contributed by atoms with van der Waals surface area (Å²) in [5.41, 5.74) is 3.05. The van der Waals surface area contributed by atoms with Gasteiger partial charge in [0.1, 0.15) is 11.6 Å². The Bertz CT molecular complexity index is 1540. The first-order valence-corrected chi connectivity index (χ1v) is 12.5. The van der Waals surface area contributed by atoms with Crippen LogP contribution < -0.4 is 10.6 Å². The fourth-order valence-corrected chi connectivity index (χ4v) is 4.45. The van der Waals surface area contributed by atoms with Gasteiger partial charge < -0.3 is 15.4 Å². The summed E-state index contributed by atoms with van der Waals surface area (Å²) in [6, 6.07) is 23.9. The minimum atomic E-state index is -1.04. The number of carbonyl (C=O) groups excluding carboxylic acids is 3. The predicted molar refractivity (Wildman–Crippen MR) is 146 cm³/mol. The lowest BCUT2D eigenvalue weighted by Crippen LogP contribution is -2.43. The molecule has 4 aromatic carbocycles. The summed E-state index contributed by atoms with van der Waals surface area (Å²) < 4.78 is 33.1. The van der Waals surface area contributed by atoms with E-state index in [0.29, 0.717) is 16.9 Å². The molecule has 1 saturated heterocycles. The normalized spacial score (nSPS) is 16.4. The van der Waals surface area contributed by atoms with E-state index in [1.165, 1.54) is 47.4 Å². The zero-order valence-electron chi connectivity index (χ0n) is 21.4. The molecule has 0 radical (unpaired) electrons. The third-order valence-corrected chi connectivity index (χ3v) is 6.55. The lowest BCUT2D eigenvalue weighted by atomic mass is 10.00. The first-order chi connectivity index (χ1) is 19.3. The zero-order valence-corrected chi connectivity index (χ0v) is 21.4. The van der Waals surface area contributed by atoms with Crippen LogP contribution in [0.15, 0.2) is 97.1 Å². The average Bonchev–Trinajstić information content (AvgIpc) is 3.27. The molecule has 5 rings (SSSR count). The van der Waals surface area contributed by atoms with Gasteiger partial charge in [-0.3, -0.25) is 14.5 Å². The molecule has 9 heteroatoms. The van der Waals surface area contributed by atoms with Crippen molar-refractivity contribution in [1.29, 1.82) is 0 Å². The standard InChI is InChI=1S/C31H25F2N3O4/c1-19-6-8-20(9-7-19)18-36-27(30(38)35-24-16-12-22(32)13-17-24)28(40-31(36)39)21-10-14-23(15-11-21)34-29(37)25-4-2-3-5-26(25)33/h2-17,27-28H,18H2,1H3,(H,34,37)(H,35,38)/t27-,28+/m1/s1. The van der Waals surface area contributed by atoms with E-state index < -0.39 is 41.7 Å². The van der Waals surface area contributed by atoms with Crippen LogP contribution in [0.25, 0.3) is 0 Å². The molecule has 1 heterocycles. The molecule has 1 fully saturated rings. The zero-order chi connectivity index (χ0) is 28.2. The lowest BCUT2D eigenvalue weighted by molar-refractivity contribution is -0.121. The molecule has 0 unspecified atom stereocenters. The Morgan fingerprint density at radius 3 is 2.12 bits per heavy atom. The van der Waals surface area contributed by atoms with Gasteiger partial charge >= 0.3 is 6.09 Å². The number of rotatable bonds is 7. The number of anilines is 2. The van der Waals surface area contributed by atoms with Crippen LogP contribution >= 0.6 is 0 Å². The summed E-state index contributed by atoms with van der Waals surface area (Å²) in [5, 5.41) is 5.38. The number of amides is 3. The summed E-state index contributed by atoms with van der Waals surface area (Å²) in [6.07, 6.45) is -1.63. The van der Waals surface area contributed by atoms with Crippen LogP contribution in [-0.2, 0) is 16.1 Å². The summed E-state index contributed by atoms with van der Waals surface area (Å²) in [4.78, 5) is 40.4. The van der Waals surface area contributed by atoms with E-state index in [2.05, 4.69) is 10.6 Å². The number of carbonyl (C=O) groups is 3. The number of hydrogen-bond acceptors (Lipinski definition) is 4. The van der Waals surface area contributed by atoms with Crippen LogP contribution in [0.4, 0.5) is 25.0 Å². The van der Waals surface area contributed by atoms with Crippen molar-refractivity contribution in [2.24, 2.45) is 0 Å². The van der Waals surface area contributed by atoms with E-state index in [1.807, 2.05) is 31.2 Å². The van der Waals surface area contributed by atoms with E-state index in [4.69, 9.17) is 4.74 Å². The minimum Gasteiger partial charge on any atom is -0.438 e. The average molecular weight is 542 g/mol. The number of benzene rings is 4. The molecular formula is C31H25F2N3O4. The molecule has 0 aromatic heterocycles. The van der Waals surface area contributed by atoms with Crippen molar-refractivity contribution in [1.82, 2.24) is 4.90 Å². The number of aryl methyl sites for hydroxylation is 1. The van der Waals surface area contributed by atoms with Gasteiger partial charge in [-0.25, -0.2) is 13.6 Å². The Hall–Kier alpha value is -5.05. The van der Waals surface area contributed by atoms with Gasteiger partial charge in [0, 0.05) is 11.4 Å². The summed E-state index contributed by atoms with van der Waals surface area (Å²) in [7, 11) is 0. The summed E-state index contributed by atoms with van der Waals surface area (Å²) in [5.74, 6) is -2.21. The molecule has 3 amide bonds. The molecule has 0 spiro atoms. The van der Waals surface area contributed by atoms with E-state index >= 15 is 0 Å². The Morgan fingerprint density at radius 1 is 0.825 bits per heavy atom. The smallest absolute Gasteiger partial charge is 0.411 e. The van der Waals surface area contributed by atoms with E-state index in [-0.39, 0.29) is 12.1 Å². The van der Waals surface area contributed by atoms with Crippen LogP contribution in [0.2, 0.25) is 0 Å². The highest BCUT2D eigenvalue weighted by Crippen LogP contribution is 2.35. The largest absolute Gasteiger partial charge is 0.438 e. The van der Waals surface area contributed by atoms with Gasteiger partial charge in [0.05, 0.1) is 12.1 Å². The first kappa shape index (κ1) is 26.6. The molecule has 1 aliphatic heterocycles. The molecule has 7 nitrogen and oxygen atoms in total. The van der Waals surface area contributed by atoms with E-state index in [9.17, 15) is 23.2 Å². The van der Waals surface area contributed by atoms with Gasteiger partial charge in [0.25, 0.3) is 11.8 Å². The van der Waals surface area contributed by atoms with Gasteiger partial charge in [-0.15, -0.1) is 0 Å². The van der Waals surface area contributed by atoms with E-state index in [0.717, 1.165) is 11.1 Å². The van der Waals surface area contributed by atoms with Gasteiger partial charge in [0.2, 0.25) is 0 Å². The molecule has 0 saturated carbocycles. The van der Waals surface area contributed by atoms with Crippen molar-refractivity contribution in [3.63, 3.8) is 0 Å². The predicted octanol–water partition coefficient (Wildman–Crippen LogP) is 6.23. The first-order valence-electron chi connectivity index (χ1n) is 12.5. The lowest BCUT2D eigenvalue weighted by Gasteiger charge is -2.24. The van der Waals surface area contributed by atoms with Crippen molar-refractivity contribution in [2.75, 3.05) is 10.6 Å². The number of nitrogens with one attached hydrogen (secondary N) is 2. The molecule has 202 valence electrons. The Kier molecular flexibility index (Phi) is 7.54. The fraction of sp³-hybridized carbons (Fsp3) is 0.129. The van der Waals surface area contributed by atoms with Crippen LogP contribution in [0.5, 0.6) is 0 Å². The second-order valence-corrected chi connectivity index (χ2v) is 9.41. The highest BCUT2D eigenvalue weighted by Gasteiger charge is 2.47. The van der Waals surface area contributed by atoms with Crippen molar-refractivity contribution < 1.29 is 27.9 Å². The Labute approximate surface area is 229 Å². The second kappa shape index (κ2) is 11.4. The van der Waals surface area contributed by atoms with Gasteiger partial charge in [0.15, 0.2) is 12.1 Å². The number of ether oxygens (including phenoxy) is 1. The number of cyclic esters (lactones) is 1. The van der Waals surface area contributed by atoms with Crippen LogP contribution in [0.1, 0.15) is 33.2 Å². The quantitative estimate of drug-likeness (QED) is 0.291. The second-order valence-electron chi connectivity index (χ2n) is 9.41. The van der Waals surface area contributed by atoms with E-state index in [1.54, 1.807) is 30.3 Å². The molecule has 2 N–H and O–H groups in total.